The van der Waals surface area contributed by atoms with E-state index in [0.29, 0.717) is 12.2 Å². The van der Waals surface area contributed by atoms with Crippen LogP contribution in [-0.2, 0) is 13.6 Å². The molecule has 0 spiro atoms. The molecular formula is C23H28N4O. The van der Waals surface area contributed by atoms with Crippen LogP contribution < -0.4 is 5.32 Å². The van der Waals surface area contributed by atoms with Crippen LogP contribution in [0.4, 0.5) is 5.82 Å². The van der Waals surface area contributed by atoms with E-state index in [1.54, 1.807) is 0 Å². The number of amides is 1. The molecule has 5 heteroatoms. The Balaban J connectivity index is 1.78. The largest absolute Gasteiger partial charge is 0.364 e. The number of nitrogens with one attached hydrogen (secondary N) is 1. The molecule has 1 aromatic carbocycles. The van der Waals surface area contributed by atoms with Crippen molar-refractivity contribution in [3.05, 3.63) is 57.9 Å². The lowest BCUT2D eigenvalue weighted by Gasteiger charge is -2.30. The Bertz CT molecular complexity index is 1060. The van der Waals surface area contributed by atoms with E-state index in [1.807, 2.05) is 11.0 Å². The van der Waals surface area contributed by atoms with Gasteiger partial charge in [-0.15, -0.1) is 0 Å². The number of aromatic nitrogens is 2. The Labute approximate surface area is 166 Å². The number of likely N-dealkylation sites (tertiary alicyclic amines) is 1. The number of rotatable bonds is 4. The number of benzene rings is 1. The second-order valence-corrected chi connectivity index (χ2v) is 7.89. The highest BCUT2D eigenvalue weighted by molar-refractivity contribution is 6.01. The van der Waals surface area contributed by atoms with Crippen molar-refractivity contribution in [2.75, 3.05) is 18.4 Å². The third-order valence-electron chi connectivity index (χ3n) is 6.22. The summed E-state index contributed by atoms with van der Waals surface area (Å²) in [5.41, 5.74) is 7.78. The van der Waals surface area contributed by atoms with Crippen LogP contribution in [0.3, 0.4) is 0 Å². The zero-order valence-electron chi connectivity index (χ0n) is 17.4. The molecular weight excluding hydrogens is 348 g/mol. The summed E-state index contributed by atoms with van der Waals surface area (Å²) in [7, 11) is 2.06. The van der Waals surface area contributed by atoms with Gasteiger partial charge >= 0.3 is 0 Å². The van der Waals surface area contributed by atoms with E-state index in [2.05, 4.69) is 62.8 Å². The Morgan fingerprint density at radius 2 is 1.82 bits per heavy atom. The van der Waals surface area contributed by atoms with Gasteiger partial charge in [-0.3, -0.25) is 4.79 Å². The first kappa shape index (κ1) is 18.5. The maximum absolute atomic E-state index is 12.8. The Kier molecular flexibility index (Phi) is 4.61. The van der Waals surface area contributed by atoms with E-state index >= 15 is 0 Å². The van der Waals surface area contributed by atoms with Crippen LogP contribution in [0.15, 0.2) is 24.3 Å². The molecule has 146 valence electrons. The number of hydrogen-bond donors (Lipinski definition) is 1. The molecule has 4 rings (SSSR count). The summed E-state index contributed by atoms with van der Waals surface area (Å²) in [6, 6.07) is 8.31. The lowest BCUT2D eigenvalue weighted by atomic mass is 10.0. The van der Waals surface area contributed by atoms with Gasteiger partial charge in [0.05, 0.1) is 5.52 Å². The van der Waals surface area contributed by atoms with Gasteiger partial charge in [-0.05, 0) is 62.4 Å². The molecule has 1 amide bonds. The van der Waals surface area contributed by atoms with Crippen molar-refractivity contribution in [1.29, 1.82) is 0 Å². The van der Waals surface area contributed by atoms with Gasteiger partial charge in [0, 0.05) is 37.8 Å². The monoisotopic (exact) mass is 376 g/mol. The zero-order chi connectivity index (χ0) is 20.0. The minimum atomic E-state index is 0.0316. The van der Waals surface area contributed by atoms with Crippen molar-refractivity contribution >= 4 is 22.6 Å². The number of nitrogens with zero attached hydrogens (tertiary/aromatic N) is 3. The lowest BCUT2D eigenvalue weighted by Crippen LogP contribution is -2.42. The molecule has 0 atom stereocenters. The summed E-state index contributed by atoms with van der Waals surface area (Å²) in [5.74, 6) is 0.812. The number of anilines is 1. The van der Waals surface area contributed by atoms with Crippen LogP contribution in [0.2, 0.25) is 0 Å². The first-order chi connectivity index (χ1) is 13.4. The standard InChI is InChI=1S/C23H28N4O/c1-14-8-6-9-15(2)19(14)13-24-22-21-18(16(3)17(4)26(21)5)12-20(25-22)23(28)27-10-7-11-27/h6,8-9,12H,7,10-11,13H2,1-5H3,(H,24,25). The number of fused-ring (bicyclic) bond motifs is 1. The molecule has 2 aromatic heterocycles. The van der Waals surface area contributed by atoms with Crippen molar-refractivity contribution in [2.24, 2.45) is 7.05 Å². The predicted molar refractivity (Wildman–Crippen MR) is 114 cm³/mol. The highest BCUT2D eigenvalue weighted by atomic mass is 16.2. The summed E-state index contributed by atoms with van der Waals surface area (Å²) in [6.45, 7) is 10.8. The molecule has 3 heterocycles. The molecule has 5 nitrogen and oxygen atoms in total. The molecule has 1 saturated heterocycles. The summed E-state index contributed by atoms with van der Waals surface area (Å²) in [5, 5.41) is 4.63. The van der Waals surface area contributed by atoms with E-state index in [1.165, 1.54) is 27.9 Å². The van der Waals surface area contributed by atoms with Crippen molar-refractivity contribution in [2.45, 2.75) is 40.7 Å². The maximum Gasteiger partial charge on any atom is 0.272 e. The predicted octanol–water partition coefficient (Wildman–Crippen LogP) is 4.26. The molecule has 1 aliphatic rings. The van der Waals surface area contributed by atoms with Gasteiger partial charge in [0.2, 0.25) is 0 Å². The van der Waals surface area contributed by atoms with Crippen LogP contribution in [0.5, 0.6) is 0 Å². The van der Waals surface area contributed by atoms with Crippen LogP contribution in [-0.4, -0.2) is 33.4 Å². The van der Waals surface area contributed by atoms with Crippen LogP contribution in [0.25, 0.3) is 10.9 Å². The topological polar surface area (TPSA) is 50.2 Å². The Morgan fingerprint density at radius 1 is 1.14 bits per heavy atom. The second-order valence-electron chi connectivity index (χ2n) is 7.89. The number of carbonyl (C=O) groups is 1. The third-order valence-corrected chi connectivity index (χ3v) is 6.22. The zero-order valence-corrected chi connectivity index (χ0v) is 17.4. The van der Waals surface area contributed by atoms with E-state index in [4.69, 9.17) is 4.98 Å². The molecule has 1 fully saturated rings. The van der Waals surface area contributed by atoms with Gasteiger partial charge in [0.25, 0.3) is 5.91 Å². The summed E-state index contributed by atoms with van der Waals surface area (Å²) in [6.07, 6.45) is 1.08. The first-order valence-corrected chi connectivity index (χ1v) is 9.93. The van der Waals surface area contributed by atoms with E-state index in [-0.39, 0.29) is 5.91 Å². The molecule has 0 bridgehead atoms. The third kappa shape index (κ3) is 2.95. The average Bonchev–Trinajstić information content (AvgIpc) is 2.84. The molecule has 0 radical (unpaired) electrons. The summed E-state index contributed by atoms with van der Waals surface area (Å²) < 4.78 is 2.17. The van der Waals surface area contributed by atoms with Gasteiger partial charge in [-0.2, -0.15) is 0 Å². The fourth-order valence-corrected chi connectivity index (χ4v) is 3.99. The lowest BCUT2D eigenvalue weighted by molar-refractivity contribution is 0.0646. The molecule has 0 unspecified atom stereocenters. The Morgan fingerprint density at radius 3 is 2.43 bits per heavy atom. The fraction of sp³-hybridized carbons (Fsp3) is 0.391. The van der Waals surface area contributed by atoms with Crippen LogP contribution >= 0.6 is 0 Å². The van der Waals surface area contributed by atoms with Gasteiger partial charge < -0.3 is 14.8 Å². The molecule has 0 saturated carbocycles. The van der Waals surface area contributed by atoms with Crippen LogP contribution in [0, 0.1) is 27.7 Å². The van der Waals surface area contributed by atoms with Crippen molar-refractivity contribution in [3.63, 3.8) is 0 Å². The maximum atomic E-state index is 12.8. The van der Waals surface area contributed by atoms with Crippen molar-refractivity contribution < 1.29 is 4.79 Å². The molecule has 1 N–H and O–H groups in total. The minimum Gasteiger partial charge on any atom is -0.364 e. The van der Waals surface area contributed by atoms with Gasteiger partial charge in [0.1, 0.15) is 5.69 Å². The number of pyridine rings is 1. The van der Waals surface area contributed by atoms with Crippen LogP contribution in [0.1, 0.15) is 44.9 Å². The molecule has 1 aliphatic heterocycles. The SMILES string of the molecule is Cc1cccc(C)c1CNc1nc(C(=O)N2CCC2)cc2c(C)c(C)n(C)c12. The second kappa shape index (κ2) is 6.97. The quantitative estimate of drug-likeness (QED) is 0.740. The fourth-order valence-electron chi connectivity index (χ4n) is 3.99. The average molecular weight is 377 g/mol. The van der Waals surface area contributed by atoms with Crippen molar-refractivity contribution in [3.8, 4) is 0 Å². The highest BCUT2D eigenvalue weighted by Gasteiger charge is 2.25. The number of hydrogen-bond acceptors (Lipinski definition) is 3. The van der Waals surface area contributed by atoms with Gasteiger partial charge in [-0.25, -0.2) is 4.98 Å². The number of carbonyl (C=O) groups excluding carboxylic acids is 1. The molecule has 28 heavy (non-hydrogen) atoms. The summed E-state index contributed by atoms with van der Waals surface area (Å²) >= 11 is 0. The number of aryl methyl sites for hydroxylation is 4. The van der Waals surface area contributed by atoms with E-state index in [9.17, 15) is 4.79 Å². The van der Waals surface area contributed by atoms with E-state index in [0.717, 1.165) is 36.2 Å². The van der Waals surface area contributed by atoms with Gasteiger partial charge in [-0.1, -0.05) is 18.2 Å². The highest BCUT2D eigenvalue weighted by Crippen LogP contribution is 2.31. The normalized spacial score (nSPS) is 13.7. The minimum absolute atomic E-state index is 0.0316. The van der Waals surface area contributed by atoms with Crippen molar-refractivity contribution in [1.82, 2.24) is 14.5 Å². The Hall–Kier alpha value is -2.82. The van der Waals surface area contributed by atoms with E-state index < -0.39 is 0 Å². The smallest absolute Gasteiger partial charge is 0.272 e. The summed E-state index contributed by atoms with van der Waals surface area (Å²) in [4.78, 5) is 19.5. The first-order valence-electron chi connectivity index (χ1n) is 9.93. The van der Waals surface area contributed by atoms with Gasteiger partial charge in [0.15, 0.2) is 5.82 Å². The molecule has 0 aliphatic carbocycles. The molecule has 3 aromatic rings.